The number of carbonyl (C=O) groups is 1. The third kappa shape index (κ3) is 5.20. The van der Waals surface area contributed by atoms with Crippen LogP contribution < -0.4 is 0 Å². The molecule has 0 aliphatic carbocycles. The maximum atomic E-state index is 12.0. The van der Waals surface area contributed by atoms with Crippen LogP contribution in [-0.4, -0.2) is 38.4 Å². The zero-order valence-electron chi connectivity index (χ0n) is 19.2. The second-order valence-corrected chi connectivity index (χ2v) is 10.1. The van der Waals surface area contributed by atoms with E-state index in [1.165, 1.54) is 4.80 Å². The van der Waals surface area contributed by atoms with Crippen LogP contribution in [0.2, 0.25) is 0 Å². The molecule has 0 unspecified atom stereocenters. The summed E-state index contributed by atoms with van der Waals surface area (Å²) < 4.78 is 5.34. The van der Waals surface area contributed by atoms with Crippen molar-refractivity contribution in [3.63, 3.8) is 0 Å². The van der Waals surface area contributed by atoms with Crippen LogP contribution in [0.15, 0.2) is 65.6 Å². The Balaban J connectivity index is 1.47. The molecule has 0 aliphatic rings. The molecule has 0 saturated heterocycles. The molecule has 4 rings (SSSR count). The summed E-state index contributed by atoms with van der Waals surface area (Å²) in [5.41, 5.74) is 4.29. The Morgan fingerprint density at radius 2 is 1.76 bits per heavy atom. The molecule has 0 bridgehead atoms. The first kappa shape index (κ1) is 22.9. The molecule has 0 saturated carbocycles. The number of phenols is 1. The summed E-state index contributed by atoms with van der Waals surface area (Å²) in [6.07, 6.45) is 0. The predicted octanol–water partition coefficient (Wildman–Crippen LogP) is 5.68. The molecule has 0 aliphatic heterocycles. The first-order valence-electron chi connectivity index (χ1n) is 10.8. The van der Waals surface area contributed by atoms with Crippen LogP contribution in [0.5, 0.6) is 5.75 Å². The molecule has 1 N–H and O–H groups in total. The zero-order valence-corrected chi connectivity index (χ0v) is 20.0. The van der Waals surface area contributed by atoms with Gasteiger partial charge in [-0.3, -0.25) is 0 Å². The van der Waals surface area contributed by atoms with Crippen molar-refractivity contribution in [1.29, 1.82) is 0 Å². The van der Waals surface area contributed by atoms with E-state index >= 15 is 0 Å². The van der Waals surface area contributed by atoms with Gasteiger partial charge in [0.15, 0.2) is 0 Å². The second kappa shape index (κ2) is 9.27. The van der Waals surface area contributed by atoms with Crippen LogP contribution in [0.3, 0.4) is 0 Å². The lowest BCUT2D eigenvalue weighted by molar-refractivity contribution is 0.0530. The van der Waals surface area contributed by atoms with E-state index in [0.717, 1.165) is 27.1 Å². The maximum Gasteiger partial charge on any atom is 0.338 e. The van der Waals surface area contributed by atoms with E-state index in [1.54, 1.807) is 23.9 Å². The van der Waals surface area contributed by atoms with Crippen LogP contribution in [0.4, 0.5) is 0 Å². The number of ether oxygens (including phenoxy) is 1. The number of thioether (sulfide) groups is 1. The Morgan fingerprint density at radius 3 is 2.48 bits per heavy atom. The summed E-state index contributed by atoms with van der Waals surface area (Å²) in [5.74, 6) is 0.511. The fourth-order valence-electron chi connectivity index (χ4n) is 3.53. The predicted molar refractivity (Wildman–Crippen MR) is 131 cm³/mol. The Hall–Kier alpha value is -3.32. The minimum Gasteiger partial charge on any atom is -0.505 e. The highest BCUT2D eigenvalue weighted by molar-refractivity contribution is 7.99. The molecular formula is C26H27N3O3S. The number of aryl methyl sites for hydroxylation is 1. The Kier molecular flexibility index (Phi) is 6.42. The number of nitrogens with zero attached hydrogens (tertiary/aromatic N) is 3. The lowest BCUT2D eigenvalue weighted by Crippen LogP contribution is -2.13. The first-order chi connectivity index (χ1) is 15.7. The van der Waals surface area contributed by atoms with Crippen molar-refractivity contribution in [2.45, 2.75) is 38.0 Å². The van der Waals surface area contributed by atoms with Gasteiger partial charge in [-0.15, -0.1) is 26.8 Å². The number of esters is 1. The van der Waals surface area contributed by atoms with E-state index in [2.05, 4.69) is 31.0 Å². The quantitative estimate of drug-likeness (QED) is 0.226. The lowest BCUT2D eigenvalue weighted by Gasteiger charge is -2.22. The van der Waals surface area contributed by atoms with E-state index in [0.29, 0.717) is 23.6 Å². The molecule has 0 amide bonds. The van der Waals surface area contributed by atoms with Crippen LogP contribution >= 0.6 is 11.8 Å². The summed E-state index contributed by atoms with van der Waals surface area (Å²) >= 11 is 1.59. The molecule has 0 radical (unpaired) electrons. The Labute approximate surface area is 197 Å². The van der Waals surface area contributed by atoms with Crippen molar-refractivity contribution in [1.82, 2.24) is 15.0 Å². The molecule has 3 aromatic carbocycles. The summed E-state index contributed by atoms with van der Waals surface area (Å²) in [6, 6.07) is 18.7. The maximum absolute atomic E-state index is 12.0. The van der Waals surface area contributed by atoms with Crippen molar-refractivity contribution in [2.24, 2.45) is 0 Å². The van der Waals surface area contributed by atoms with Gasteiger partial charge >= 0.3 is 5.97 Å². The minimum absolute atomic E-state index is 0.197. The smallest absolute Gasteiger partial charge is 0.338 e. The van der Waals surface area contributed by atoms with Crippen molar-refractivity contribution < 1.29 is 14.6 Å². The molecular weight excluding hydrogens is 434 g/mol. The number of aromatic hydroxyl groups is 1. The standard InChI is InChI=1S/C26H27N3O3S/c1-17-14-20(26(2,3)4)24(30)23(15-17)29-27-21-11-10-19(16-22(21)28-29)33-13-12-32-25(31)18-8-6-5-7-9-18/h5-11,14-16,30H,12-13H2,1-4H3. The van der Waals surface area contributed by atoms with Gasteiger partial charge in [-0.25, -0.2) is 4.79 Å². The van der Waals surface area contributed by atoms with Gasteiger partial charge in [0.1, 0.15) is 29.1 Å². The van der Waals surface area contributed by atoms with Crippen molar-refractivity contribution >= 4 is 28.8 Å². The molecule has 0 atom stereocenters. The minimum atomic E-state index is -0.317. The highest BCUT2D eigenvalue weighted by Gasteiger charge is 2.22. The first-order valence-corrected chi connectivity index (χ1v) is 11.8. The summed E-state index contributed by atoms with van der Waals surface area (Å²) in [6.45, 7) is 8.52. The van der Waals surface area contributed by atoms with Gasteiger partial charge in [0.2, 0.25) is 0 Å². The third-order valence-electron chi connectivity index (χ3n) is 5.20. The number of rotatable bonds is 6. The van der Waals surface area contributed by atoms with Crippen LogP contribution in [0.1, 0.15) is 42.3 Å². The number of hydrogen-bond donors (Lipinski definition) is 1. The summed E-state index contributed by atoms with van der Waals surface area (Å²) in [7, 11) is 0. The van der Waals surface area contributed by atoms with E-state index in [-0.39, 0.29) is 17.1 Å². The van der Waals surface area contributed by atoms with Gasteiger partial charge in [0.25, 0.3) is 0 Å². The number of benzene rings is 3. The molecule has 0 fully saturated rings. The number of fused-ring (bicyclic) bond motifs is 1. The second-order valence-electron chi connectivity index (χ2n) is 8.92. The molecule has 4 aromatic rings. The molecule has 170 valence electrons. The van der Waals surface area contributed by atoms with Gasteiger partial charge in [0, 0.05) is 16.2 Å². The van der Waals surface area contributed by atoms with Crippen LogP contribution in [-0.2, 0) is 10.2 Å². The number of aromatic nitrogens is 3. The van der Waals surface area contributed by atoms with E-state index in [1.807, 2.05) is 55.5 Å². The number of carbonyl (C=O) groups excluding carboxylic acids is 1. The molecule has 33 heavy (non-hydrogen) atoms. The Bertz CT molecular complexity index is 1290. The summed E-state index contributed by atoms with van der Waals surface area (Å²) in [4.78, 5) is 14.5. The molecule has 1 aromatic heterocycles. The zero-order chi connectivity index (χ0) is 23.6. The van der Waals surface area contributed by atoms with E-state index in [4.69, 9.17) is 4.74 Å². The van der Waals surface area contributed by atoms with Crippen LogP contribution in [0, 0.1) is 6.92 Å². The lowest BCUT2D eigenvalue weighted by atomic mass is 9.85. The number of phenolic OH excluding ortho intramolecular Hbond substituents is 1. The van der Waals surface area contributed by atoms with Crippen molar-refractivity contribution in [3.8, 4) is 11.4 Å². The average molecular weight is 462 g/mol. The monoisotopic (exact) mass is 461 g/mol. The highest BCUT2D eigenvalue weighted by Crippen LogP contribution is 2.36. The van der Waals surface area contributed by atoms with Crippen LogP contribution in [0.25, 0.3) is 16.7 Å². The average Bonchev–Trinajstić information content (AvgIpc) is 3.21. The van der Waals surface area contributed by atoms with E-state index < -0.39 is 0 Å². The number of hydrogen-bond acceptors (Lipinski definition) is 6. The third-order valence-corrected chi connectivity index (χ3v) is 6.16. The van der Waals surface area contributed by atoms with E-state index in [9.17, 15) is 9.90 Å². The molecule has 1 heterocycles. The molecule has 7 heteroatoms. The fraction of sp³-hybridized carbons (Fsp3) is 0.269. The molecule has 0 spiro atoms. The van der Waals surface area contributed by atoms with Gasteiger partial charge in [-0.2, -0.15) is 0 Å². The molecule has 6 nitrogen and oxygen atoms in total. The van der Waals surface area contributed by atoms with Gasteiger partial charge < -0.3 is 9.84 Å². The van der Waals surface area contributed by atoms with Crippen molar-refractivity contribution in [3.05, 3.63) is 77.4 Å². The van der Waals surface area contributed by atoms with Gasteiger partial charge in [-0.1, -0.05) is 45.0 Å². The van der Waals surface area contributed by atoms with Crippen molar-refractivity contribution in [2.75, 3.05) is 12.4 Å². The largest absolute Gasteiger partial charge is 0.505 e. The fourth-order valence-corrected chi connectivity index (χ4v) is 4.29. The topological polar surface area (TPSA) is 77.2 Å². The normalized spacial score (nSPS) is 11.6. The van der Waals surface area contributed by atoms with Gasteiger partial charge in [-0.05, 0) is 54.3 Å². The summed E-state index contributed by atoms with van der Waals surface area (Å²) in [5, 5.41) is 20.1. The Morgan fingerprint density at radius 1 is 1.03 bits per heavy atom. The van der Waals surface area contributed by atoms with Gasteiger partial charge in [0.05, 0.1) is 5.56 Å². The SMILES string of the molecule is Cc1cc(-n2nc3ccc(SCCOC(=O)c4ccccc4)cc3n2)c(O)c(C(C)(C)C)c1. The highest BCUT2D eigenvalue weighted by atomic mass is 32.2.